The molecule has 21 heavy (non-hydrogen) atoms. The van der Waals surface area contributed by atoms with Crippen molar-refractivity contribution in [3.8, 4) is 0 Å². The molecule has 0 saturated heterocycles. The Balaban J connectivity index is 2.47. The maximum absolute atomic E-state index is 11.6. The van der Waals surface area contributed by atoms with Crippen LogP contribution in [0, 0.1) is 0 Å². The van der Waals surface area contributed by atoms with Crippen LogP contribution in [0.4, 0.5) is 4.79 Å². The van der Waals surface area contributed by atoms with Crippen molar-refractivity contribution in [2.45, 2.75) is 19.6 Å². The minimum absolute atomic E-state index is 0.0670. The highest BCUT2D eigenvalue weighted by molar-refractivity contribution is 5.82. The van der Waals surface area contributed by atoms with Gasteiger partial charge in [-0.2, -0.15) is 0 Å². The summed E-state index contributed by atoms with van der Waals surface area (Å²) >= 11 is 0. The number of rotatable bonds is 6. The van der Waals surface area contributed by atoms with Gasteiger partial charge in [0, 0.05) is 13.5 Å². The number of hydrogen-bond acceptors (Lipinski definition) is 5. The summed E-state index contributed by atoms with van der Waals surface area (Å²) < 4.78 is 9.54. The van der Waals surface area contributed by atoms with E-state index in [1.165, 1.54) is 14.0 Å². The van der Waals surface area contributed by atoms with E-state index in [1.54, 1.807) is 0 Å². The van der Waals surface area contributed by atoms with Crippen molar-refractivity contribution in [1.82, 2.24) is 10.6 Å². The molecule has 1 unspecified atom stereocenters. The van der Waals surface area contributed by atoms with E-state index in [0.29, 0.717) is 0 Å². The molecule has 1 aromatic carbocycles. The topological polar surface area (TPSA) is 93.7 Å². The van der Waals surface area contributed by atoms with Gasteiger partial charge in [0.2, 0.25) is 5.91 Å². The van der Waals surface area contributed by atoms with E-state index in [1.807, 2.05) is 30.3 Å². The summed E-state index contributed by atoms with van der Waals surface area (Å²) in [5.74, 6) is -0.983. The van der Waals surface area contributed by atoms with E-state index in [9.17, 15) is 14.4 Å². The Kier molecular flexibility index (Phi) is 6.73. The molecule has 7 heteroatoms. The van der Waals surface area contributed by atoms with Gasteiger partial charge in [0.1, 0.15) is 12.6 Å². The summed E-state index contributed by atoms with van der Waals surface area (Å²) in [6.07, 6.45) is -0.764. The second kappa shape index (κ2) is 8.57. The zero-order valence-corrected chi connectivity index (χ0v) is 11.9. The van der Waals surface area contributed by atoms with Gasteiger partial charge in [0.05, 0.1) is 7.11 Å². The normalized spacial score (nSPS) is 11.1. The maximum atomic E-state index is 11.6. The van der Waals surface area contributed by atoms with Crippen molar-refractivity contribution in [2.24, 2.45) is 0 Å². The Labute approximate surface area is 122 Å². The SMILES string of the molecule is COC(=O)C(CNC(C)=O)NC(=O)OCc1ccccc1. The van der Waals surface area contributed by atoms with Gasteiger partial charge in [0.15, 0.2) is 0 Å². The minimum atomic E-state index is -0.998. The summed E-state index contributed by atoms with van der Waals surface area (Å²) in [6.45, 7) is 1.32. The molecule has 114 valence electrons. The van der Waals surface area contributed by atoms with E-state index in [2.05, 4.69) is 15.4 Å². The van der Waals surface area contributed by atoms with Crippen molar-refractivity contribution in [2.75, 3.05) is 13.7 Å². The number of alkyl carbamates (subject to hydrolysis) is 1. The van der Waals surface area contributed by atoms with E-state index in [0.717, 1.165) is 5.56 Å². The van der Waals surface area contributed by atoms with Crippen molar-refractivity contribution in [1.29, 1.82) is 0 Å². The van der Waals surface area contributed by atoms with Crippen molar-refractivity contribution >= 4 is 18.0 Å². The molecule has 1 atom stereocenters. The Morgan fingerprint density at radius 1 is 1.19 bits per heavy atom. The Bertz CT molecular complexity index is 489. The number of benzene rings is 1. The second-order valence-corrected chi connectivity index (χ2v) is 4.22. The number of esters is 1. The van der Waals surface area contributed by atoms with Crippen LogP contribution in [0.2, 0.25) is 0 Å². The average Bonchev–Trinajstić information content (AvgIpc) is 2.49. The molecule has 0 fully saturated rings. The molecule has 1 rings (SSSR count). The predicted molar refractivity (Wildman–Crippen MR) is 74.3 cm³/mol. The summed E-state index contributed by atoms with van der Waals surface area (Å²) in [6, 6.07) is 8.12. The summed E-state index contributed by atoms with van der Waals surface area (Å²) in [5, 5.41) is 4.77. The van der Waals surface area contributed by atoms with Crippen LogP contribution < -0.4 is 10.6 Å². The molecule has 0 radical (unpaired) electrons. The van der Waals surface area contributed by atoms with Crippen LogP contribution in [0.15, 0.2) is 30.3 Å². The van der Waals surface area contributed by atoms with Crippen LogP contribution in [0.3, 0.4) is 0 Å². The van der Waals surface area contributed by atoms with Gasteiger partial charge in [-0.3, -0.25) is 4.79 Å². The highest BCUT2D eigenvalue weighted by Crippen LogP contribution is 2.01. The molecule has 0 saturated carbocycles. The fourth-order valence-electron chi connectivity index (χ4n) is 1.49. The number of carbonyl (C=O) groups is 3. The van der Waals surface area contributed by atoms with E-state index in [4.69, 9.17) is 4.74 Å². The maximum Gasteiger partial charge on any atom is 0.408 e. The zero-order valence-electron chi connectivity index (χ0n) is 11.9. The second-order valence-electron chi connectivity index (χ2n) is 4.22. The van der Waals surface area contributed by atoms with Crippen molar-refractivity contribution in [3.63, 3.8) is 0 Å². The number of ether oxygens (including phenoxy) is 2. The molecular weight excluding hydrogens is 276 g/mol. The quantitative estimate of drug-likeness (QED) is 0.749. The highest BCUT2D eigenvalue weighted by atomic mass is 16.6. The molecule has 0 aromatic heterocycles. The standard InChI is InChI=1S/C14H18N2O5/c1-10(17)15-8-12(13(18)20-2)16-14(19)21-9-11-6-4-3-5-7-11/h3-7,12H,8-9H2,1-2H3,(H,15,17)(H,16,19). The Morgan fingerprint density at radius 3 is 2.43 bits per heavy atom. The molecule has 0 heterocycles. The van der Waals surface area contributed by atoms with Crippen LogP contribution in [-0.2, 0) is 25.7 Å². The first-order valence-corrected chi connectivity index (χ1v) is 6.32. The number of nitrogens with one attached hydrogen (secondary N) is 2. The third kappa shape index (κ3) is 6.42. The van der Waals surface area contributed by atoms with Gasteiger partial charge in [-0.25, -0.2) is 9.59 Å². The van der Waals surface area contributed by atoms with Gasteiger partial charge >= 0.3 is 12.1 Å². The molecule has 0 spiro atoms. The largest absolute Gasteiger partial charge is 0.467 e. The lowest BCUT2D eigenvalue weighted by Gasteiger charge is -2.16. The first-order chi connectivity index (χ1) is 10.0. The van der Waals surface area contributed by atoms with Crippen molar-refractivity contribution < 1.29 is 23.9 Å². The van der Waals surface area contributed by atoms with E-state index in [-0.39, 0.29) is 19.1 Å². The summed E-state index contributed by atoms with van der Waals surface area (Å²) in [5.41, 5.74) is 0.823. The fraction of sp³-hybridized carbons (Fsp3) is 0.357. The van der Waals surface area contributed by atoms with Crippen molar-refractivity contribution in [3.05, 3.63) is 35.9 Å². The van der Waals surface area contributed by atoms with E-state index < -0.39 is 18.1 Å². The lowest BCUT2D eigenvalue weighted by Crippen LogP contribution is -2.48. The minimum Gasteiger partial charge on any atom is -0.467 e. The molecule has 0 bridgehead atoms. The monoisotopic (exact) mass is 294 g/mol. The van der Waals surface area contributed by atoms with Crippen LogP contribution in [0.1, 0.15) is 12.5 Å². The lowest BCUT2D eigenvalue weighted by atomic mass is 10.2. The molecule has 2 amide bonds. The Hall–Kier alpha value is -2.57. The fourth-order valence-corrected chi connectivity index (χ4v) is 1.49. The van der Waals surface area contributed by atoms with Gasteiger partial charge in [-0.05, 0) is 5.56 Å². The van der Waals surface area contributed by atoms with Gasteiger partial charge < -0.3 is 20.1 Å². The molecule has 0 aliphatic heterocycles. The summed E-state index contributed by atoms with van der Waals surface area (Å²) in [7, 11) is 1.19. The van der Waals surface area contributed by atoms with E-state index >= 15 is 0 Å². The van der Waals surface area contributed by atoms with Crippen LogP contribution >= 0.6 is 0 Å². The number of methoxy groups -OCH3 is 1. The van der Waals surface area contributed by atoms with Gasteiger partial charge in [0.25, 0.3) is 0 Å². The predicted octanol–water partition coefficient (Wildman–Crippen LogP) is 0.590. The smallest absolute Gasteiger partial charge is 0.408 e. The highest BCUT2D eigenvalue weighted by Gasteiger charge is 2.22. The third-order valence-corrected chi connectivity index (χ3v) is 2.55. The number of amides is 2. The zero-order chi connectivity index (χ0) is 15.7. The van der Waals surface area contributed by atoms with Crippen LogP contribution in [0.5, 0.6) is 0 Å². The molecule has 0 aliphatic rings. The third-order valence-electron chi connectivity index (χ3n) is 2.55. The van der Waals surface area contributed by atoms with Crippen LogP contribution in [0.25, 0.3) is 0 Å². The average molecular weight is 294 g/mol. The molecule has 2 N–H and O–H groups in total. The lowest BCUT2D eigenvalue weighted by molar-refractivity contribution is -0.142. The first kappa shape index (κ1) is 16.5. The first-order valence-electron chi connectivity index (χ1n) is 6.32. The van der Waals surface area contributed by atoms with Gasteiger partial charge in [-0.15, -0.1) is 0 Å². The number of hydrogen-bond donors (Lipinski definition) is 2. The molecule has 1 aromatic rings. The molecular formula is C14H18N2O5. The number of carbonyl (C=O) groups excluding carboxylic acids is 3. The summed E-state index contributed by atoms with van der Waals surface area (Å²) in [4.78, 5) is 34.0. The Morgan fingerprint density at radius 2 is 1.86 bits per heavy atom. The molecule has 7 nitrogen and oxygen atoms in total. The van der Waals surface area contributed by atoms with Gasteiger partial charge in [-0.1, -0.05) is 30.3 Å². The van der Waals surface area contributed by atoms with Crippen LogP contribution in [-0.4, -0.2) is 37.7 Å². The molecule has 0 aliphatic carbocycles.